The third-order valence-electron chi connectivity index (χ3n) is 5.59. The molecule has 0 radical (unpaired) electrons. The summed E-state index contributed by atoms with van der Waals surface area (Å²) in [6.45, 7) is 7.58. The summed E-state index contributed by atoms with van der Waals surface area (Å²) in [5, 5.41) is 0. The van der Waals surface area contributed by atoms with Crippen molar-refractivity contribution in [3.8, 4) is 0 Å². The standard InChI is InChI=1S/C18H25FN2O/c19-17-3-1-2-14(8-17)9-20-10-15-12-21(13-16(15)11-20)18-4-6-22-7-5-18/h1-3,8,15-16,18H,4-7,9-13H2/t15-,16+. The van der Waals surface area contributed by atoms with Crippen LogP contribution in [-0.4, -0.2) is 55.2 Å². The molecule has 22 heavy (non-hydrogen) atoms. The second-order valence-corrected chi connectivity index (χ2v) is 7.14. The maximum absolute atomic E-state index is 13.3. The molecule has 120 valence electrons. The van der Waals surface area contributed by atoms with Crippen LogP contribution in [0.5, 0.6) is 0 Å². The number of benzene rings is 1. The van der Waals surface area contributed by atoms with Crippen molar-refractivity contribution in [2.75, 3.05) is 39.4 Å². The number of halogens is 1. The number of nitrogens with zero attached hydrogens (tertiary/aromatic N) is 2. The van der Waals surface area contributed by atoms with E-state index in [-0.39, 0.29) is 5.82 Å². The molecule has 0 unspecified atom stereocenters. The van der Waals surface area contributed by atoms with E-state index in [0.717, 1.165) is 43.2 Å². The van der Waals surface area contributed by atoms with Crippen LogP contribution >= 0.6 is 0 Å². The highest BCUT2D eigenvalue weighted by atomic mass is 19.1. The van der Waals surface area contributed by atoms with Gasteiger partial charge in [0.2, 0.25) is 0 Å². The van der Waals surface area contributed by atoms with Crippen molar-refractivity contribution in [2.24, 2.45) is 11.8 Å². The Bertz CT molecular complexity index is 504. The molecule has 0 aromatic heterocycles. The van der Waals surface area contributed by atoms with E-state index in [4.69, 9.17) is 4.74 Å². The molecule has 0 amide bonds. The lowest BCUT2D eigenvalue weighted by Gasteiger charge is -2.32. The molecule has 0 bridgehead atoms. The molecule has 1 aromatic carbocycles. The predicted octanol–water partition coefficient (Wildman–Crippen LogP) is 2.37. The summed E-state index contributed by atoms with van der Waals surface area (Å²) in [4.78, 5) is 5.21. The molecule has 3 nitrogen and oxygen atoms in total. The van der Waals surface area contributed by atoms with Gasteiger partial charge in [0.1, 0.15) is 5.82 Å². The van der Waals surface area contributed by atoms with Crippen LogP contribution in [0.15, 0.2) is 24.3 Å². The van der Waals surface area contributed by atoms with Gasteiger partial charge in [0.15, 0.2) is 0 Å². The Hall–Kier alpha value is -0.970. The first-order valence-corrected chi connectivity index (χ1v) is 8.56. The minimum Gasteiger partial charge on any atom is -0.381 e. The van der Waals surface area contributed by atoms with Gasteiger partial charge in [0.05, 0.1) is 0 Å². The summed E-state index contributed by atoms with van der Waals surface area (Å²) < 4.78 is 18.8. The van der Waals surface area contributed by atoms with Crippen molar-refractivity contribution in [2.45, 2.75) is 25.4 Å². The highest BCUT2D eigenvalue weighted by Gasteiger charge is 2.41. The molecule has 0 saturated carbocycles. The first-order chi connectivity index (χ1) is 10.8. The van der Waals surface area contributed by atoms with Crippen molar-refractivity contribution in [3.63, 3.8) is 0 Å². The number of rotatable bonds is 3. The fourth-order valence-corrected chi connectivity index (χ4v) is 4.50. The lowest BCUT2D eigenvalue weighted by molar-refractivity contribution is 0.0384. The zero-order valence-electron chi connectivity index (χ0n) is 13.1. The maximum atomic E-state index is 13.3. The molecule has 3 saturated heterocycles. The van der Waals surface area contributed by atoms with Gasteiger partial charge in [-0.15, -0.1) is 0 Å². The van der Waals surface area contributed by atoms with Crippen LogP contribution in [-0.2, 0) is 11.3 Å². The fourth-order valence-electron chi connectivity index (χ4n) is 4.50. The first-order valence-electron chi connectivity index (χ1n) is 8.56. The normalized spacial score (nSPS) is 30.8. The molecule has 1 aromatic rings. The van der Waals surface area contributed by atoms with Gasteiger partial charge in [0.25, 0.3) is 0 Å². The first kappa shape index (κ1) is 14.6. The van der Waals surface area contributed by atoms with Gasteiger partial charge in [-0.1, -0.05) is 12.1 Å². The largest absolute Gasteiger partial charge is 0.381 e. The van der Waals surface area contributed by atoms with Crippen molar-refractivity contribution >= 4 is 0 Å². The lowest BCUT2D eigenvalue weighted by Crippen LogP contribution is -2.39. The van der Waals surface area contributed by atoms with E-state index in [1.54, 1.807) is 6.07 Å². The molecule has 3 fully saturated rings. The van der Waals surface area contributed by atoms with Crippen LogP contribution in [0.1, 0.15) is 18.4 Å². The smallest absolute Gasteiger partial charge is 0.123 e. The number of hydrogen-bond acceptors (Lipinski definition) is 3. The average Bonchev–Trinajstić information content (AvgIpc) is 3.06. The van der Waals surface area contributed by atoms with Crippen LogP contribution in [0.4, 0.5) is 4.39 Å². The Labute approximate surface area is 132 Å². The van der Waals surface area contributed by atoms with Crippen LogP contribution in [0.3, 0.4) is 0 Å². The van der Waals surface area contributed by atoms with E-state index in [9.17, 15) is 4.39 Å². The van der Waals surface area contributed by atoms with E-state index in [2.05, 4.69) is 9.80 Å². The maximum Gasteiger partial charge on any atom is 0.123 e. The molecular formula is C18H25FN2O. The molecule has 4 heteroatoms. The van der Waals surface area contributed by atoms with E-state index in [0.29, 0.717) is 0 Å². The number of likely N-dealkylation sites (tertiary alicyclic amines) is 2. The molecule has 3 aliphatic rings. The van der Waals surface area contributed by atoms with Crippen LogP contribution < -0.4 is 0 Å². The van der Waals surface area contributed by atoms with Gasteiger partial charge in [-0.25, -0.2) is 4.39 Å². The minimum atomic E-state index is -0.123. The number of ether oxygens (including phenoxy) is 1. The van der Waals surface area contributed by atoms with Crippen molar-refractivity contribution in [3.05, 3.63) is 35.6 Å². The number of fused-ring (bicyclic) bond motifs is 1. The highest BCUT2D eigenvalue weighted by molar-refractivity contribution is 5.16. The molecular weight excluding hydrogens is 279 g/mol. The zero-order chi connectivity index (χ0) is 14.9. The quantitative estimate of drug-likeness (QED) is 0.853. The van der Waals surface area contributed by atoms with Crippen LogP contribution in [0.25, 0.3) is 0 Å². The Morgan fingerprint density at radius 1 is 1.05 bits per heavy atom. The van der Waals surface area contributed by atoms with E-state index >= 15 is 0 Å². The monoisotopic (exact) mass is 304 g/mol. The van der Waals surface area contributed by atoms with E-state index in [1.807, 2.05) is 12.1 Å². The molecule has 4 rings (SSSR count). The predicted molar refractivity (Wildman–Crippen MR) is 84.1 cm³/mol. The van der Waals surface area contributed by atoms with E-state index in [1.165, 1.54) is 45.1 Å². The van der Waals surface area contributed by atoms with Crippen molar-refractivity contribution in [1.29, 1.82) is 0 Å². The Morgan fingerprint density at radius 2 is 1.77 bits per heavy atom. The van der Waals surface area contributed by atoms with Crippen LogP contribution in [0.2, 0.25) is 0 Å². The molecule has 2 atom stereocenters. The molecule has 3 heterocycles. The Balaban J connectivity index is 1.31. The van der Waals surface area contributed by atoms with Gasteiger partial charge in [-0.05, 0) is 42.4 Å². The second kappa shape index (κ2) is 6.26. The van der Waals surface area contributed by atoms with Crippen molar-refractivity contribution < 1.29 is 9.13 Å². The average molecular weight is 304 g/mol. The number of hydrogen-bond donors (Lipinski definition) is 0. The fraction of sp³-hybridized carbons (Fsp3) is 0.667. The van der Waals surface area contributed by atoms with Gasteiger partial charge in [-0.2, -0.15) is 0 Å². The topological polar surface area (TPSA) is 15.7 Å². The third kappa shape index (κ3) is 3.05. The Kier molecular flexibility index (Phi) is 4.16. The molecule has 3 aliphatic heterocycles. The van der Waals surface area contributed by atoms with E-state index < -0.39 is 0 Å². The summed E-state index contributed by atoms with van der Waals surface area (Å²) in [5.74, 6) is 1.48. The molecule has 0 spiro atoms. The SMILES string of the molecule is Fc1cccc(CN2C[C@@H]3CN(C4CCOCC4)C[C@@H]3C2)c1. The summed E-state index contributed by atoms with van der Waals surface area (Å²) in [6.07, 6.45) is 2.40. The van der Waals surface area contributed by atoms with Gasteiger partial charge in [-0.3, -0.25) is 9.80 Å². The second-order valence-electron chi connectivity index (χ2n) is 7.14. The summed E-state index contributed by atoms with van der Waals surface area (Å²) in [6, 6.07) is 7.78. The Morgan fingerprint density at radius 3 is 2.45 bits per heavy atom. The van der Waals surface area contributed by atoms with Gasteiger partial charge in [0, 0.05) is 52.0 Å². The summed E-state index contributed by atoms with van der Waals surface area (Å²) in [5.41, 5.74) is 1.10. The van der Waals surface area contributed by atoms with Gasteiger partial charge >= 0.3 is 0 Å². The third-order valence-corrected chi connectivity index (χ3v) is 5.59. The van der Waals surface area contributed by atoms with Crippen LogP contribution in [0, 0.1) is 17.7 Å². The lowest BCUT2D eigenvalue weighted by atomic mass is 10.0. The molecule has 0 aliphatic carbocycles. The zero-order valence-corrected chi connectivity index (χ0v) is 13.1. The minimum absolute atomic E-state index is 0.123. The molecule has 0 N–H and O–H groups in total. The van der Waals surface area contributed by atoms with Crippen molar-refractivity contribution in [1.82, 2.24) is 9.80 Å². The summed E-state index contributed by atoms with van der Waals surface area (Å²) in [7, 11) is 0. The van der Waals surface area contributed by atoms with Gasteiger partial charge < -0.3 is 4.74 Å². The highest BCUT2D eigenvalue weighted by Crippen LogP contribution is 2.34. The summed E-state index contributed by atoms with van der Waals surface area (Å²) >= 11 is 0.